The molecule has 27 heavy (non-hydrogen) atoms. The van der Waals surface area contributed by atoms with Crippen LogP contribution in [0.1, 0.15) is 60.5 Å². The van der Waals surface area contributed by atoms with Crippen LogP contribution in [0.2, 0.25) is 0 Å². The molecule has 1 aromatic carbocycles. The van der Waals surface area contributed by atoms with E-state index in [-0.39, 0.29) is 0 Å². The summed E-state index contributed by atoms with van der Waals surface area (Å²) in [5.41, 5.74) is 0.0704. The number of nitrogens with zero attached hydrogens (tertiary/aromatic N) is 1. The van der Waals surface area contributed by atoms with Crippen molar-refractivity contribution in [3.8, 4) is 0 Å². The average Bonchev–Trinajstić information content (AvgIpc) is 2.93. The Bertz CT molecular complexity index is 781. The van der Waals surface area contributed by atoms with Crippen LogP contribution < -0.4 is 5.32 Å². The second-order valence-electron chi connectivity index (χ2n) is 8.54. The van der Waals surface area contributed by atoms with Crippen LogP contribution in [-0.4, -0.2) is 28.7 Å². The van der Waals surface area contributed by atoms with E-state index in [1.54, 1.807) is 33.8 Å². The summed E-state index contributed by atoms with van der Waals surface area (Å²) in [6.45, 7) is 12.4. The van der Waals surface area contributed by atoms with Crippen molar-refractivity contribution in [2.75, 3.05) is 0 Å². The average molecular weight is 376 g/mol. The number of nitrogens with one attached hydrogen (secondary N) is 1. The highest BCUT2D eigenvalue weighted by molar-refractivity contribution is 5.82. The molecule has 0 aliphatic rings. The lowest BCUT2D eigenvalue weighted by Gasteiger charge is -2.31. The molecule has 0 spiro atoms. The molecule has 0 saturated carbocycles. The molecular weight excluding hydrogens is 348 g/mol. The fraction of sp³-hybridized carbons (Fsp3) is 0.550. The molecule has 2 atom stereocenters. The van der Waals surface area contributed by atoms with Crippen molar-refractivity contribution in [3.05, 3.63) is 30.2 Å². The van der Waals surface area contributed by atoms with E-state index >= 15 is 0 Å². The molecule has 1 N–H and O–H groups in total. The van der Waals surface area contributed by atoms with Crippen LogP contribution in [0, 0.1) is 5.41 Å². The third kappa shape index (κ3) is 5.70. The summed E-state index contributed by atoms with van der Waals surface area (Å²) in [5.74, 6) is -0.280. The van der Waals surface area contributed by atoms with E-state index in [2.05, 4.69) is 10.3 Å². The molecule has 148 valence electrons. The number of aromatic nitrogens is 1. The summed E-state index contributed by atoms with van der Waals surface area (Å²) in [6.07, 6.45) is -1.37. The number of carbonyl (C=O) groups is 2. The Kier molecular flexibility index (Phi) is 5.82. The van der Waals surface area contributed by atoms with Gasteiger partial charge in [-0.15, -0.1) is 0 Å². The standard InChI is InChI=1S/C20H28N2O5/c1-12(16-21-13-10-8-9-11-14(13)26-16)25-17(23)15(19(2,3)4)22-18(24)27-20(5,6)7/h8-12,15H,1-7H3,(H,22,24)/t12-,15+/m0/s1. The number of hydrogen-bond acceptors (Lipinski definition) is 6. The first kappa shape index (κ1) is 20.7. The van der Waals surface area contributed by atoms with Gasteiger partial charge >= 0.3 is 12.1 Å². The minimum atomic E-state index is -0.890. The van der Waals surface area contributed by atoms with Gasteiger partial charge in [-0.1, -0.05) is 32.9 Å². The number of carbonyl (C=O) groups excluding carboxylic acids is 2. The van der Waals surface area contributed by atoms with Crippen molar-refractivity contribution < 1.29 is 23.5 Å². The predicted molar refractivity (Wildman–Crippen MR) is 101 cm³/mol. The van der Waals surface area contributed by atoms with Gasteiger partial charge in [0.2, 0.25) is 5.89 Å². The van der Waals surface area contributed by atoms with Gasteiger partial charge in [-0.25, -0.2) is 14.6 Å². The fourth-order valence-corrected chi connectivity index (χ4v) is 2.41. The number of fused-ring (bicyclic) bond motifs is 1. The topological polar surface area (TPSA) is 90.7 Å². The van der Waals surface area contributed by atoms with Crippen LogP contribution in [-0.2, 0) is 14.3 Å². The number of oxazole rings is 1. The van der Waals surface area contributed by atoms with Crippen molar-refractivity contribution in [2.24, 2.45) is 5.41 Å². The van der Waals surface area contributed by atoms with Crippen molar-refractivity contribution in [2.45, 2.75) is 66.2 Å². The first-order chi connectivity index (χ1) is 12.4. The third-order valence-electron chi connectivity index (χ3n) is 3.71. The molecule has 0 aliphatic heterocycles. The minimum absolute atomic E-state index is 0.300. The largest absolute Gasteiger partial charge is 0.451 e. The van der Waals surface area contributed by atoms with E-state index in [9.17, 15) is 9.59 Å². The SMILES string of the molecule is C[C@H](OC(=O)[C@@H](NC(=O)OC(C)(C)C)C(C)(C)C)c1nc2ccccc2o1. The number of alkyl carbamates (subject to hydrolysis) is 1. The number of esters is 1. The molecule has 0 unspecified atom stereocenters. The second-order valence-corrected chi connectivity index (χ2v) is 8.54. The molecule has 1 amide bonds. The Balaban J connectivity index is 2.11. The summed E-state index contributed by atoms with van der Waals surface area (Å²) in [6, 6.07) is 6.42. The molecule has 1 aromatic heterocycles. The monoisotopic (exact) mass is 376 g/mol. The lowest BCUT2D eigenvalue weighted by Crippen LogP contribution is -2.51. The molecule has 1 heterocycles. The van der Waals surface area contributed by atoms with Gasteiger partial charge in [0.1, 0.15) is 17.2 Å². The van der Waals surface area contributed by atoms with Crippen molar-refractivity contribution >= 4 is 23.2 Å². The van der Waals surface area contributed by atoms with Crippen LogP contribution in [0.4, 0.5) is 4.79 Å². The van der Waals surface area contributed by atoms with E-state index in [1.165, 1.54) is 0 Å². The van der Waals surface area contributed by atoms with Crippen LogP contribution >= 0.6 is 0 Å². The molecule has 2 rings (SSSR count). The molecule has 0 aliphatic carbocycles. The Morgan fingerprint density at radius 3 is 2.30 bits per heavy atom. The Hall–Kier alpha value is -2.57. The summed E-state index contributed by atoms with van der Waals surface area (Å²) >= 11 is 0. The summed E-state index contributed by atoms with van der Waals surface area (Å²) in [5, 5.41) is 2.61. The Morgan fingerprint density at radius 1 is 1.11 bits per heavy atom. The van der Waals surface area contributed by atoms with Gasteiger partial charge < -0.3 is 19.2 Å². The lowest BCUT2D eigenvalue weighted by atomic mass is 9.87. The smallest absolute Gasteiger partial charge is 0.408 e. The van der Waals surface area contributed by atoms with E-state index in [0.29, 0.717) is 17.0 Å². The molecular formula is C20H28N2O5. The van der Waals surface area contributed by atoms with E-state index in [0.717, 1.165) is 0 Å². The van der Waals surface area contributed by atoms with Crippen molar-refractivity contribution in [3.63, 3.8) is 0 Å². The number of hydrogen-bond donors (Lipinski definition) is 1. The second kappa shape index (κ2) is 7.58. The number of ether oxygens (including phenoxy) is 2. The minimum Gasteiger partial charge on any atom is -0.451 e. The number of rotatable bonds is 4. The van der Waals surface area contributed by atoms with E-state index in [1.807, 2.05) is 39.0 Å². The van der Waals surface area contributed by atoms with Crippen LogP contribution in [0.5, 0.6) is 0 Å². The maximum Gasteiger partial charge on any atom is 0.408 e. The number of benzene rings is 1. The highest BCUT2D eigenvalue weighted by Gasteiger charge is 2.36. The first-order valence-corrected chi connectivity index (χ1v) is 8.92. The van der Waals surface area contributed by atoms with Crippen LogP contribution in [0.25, 0.3) is 11.1 Å². The molecule has 0 bridgehead atoms. The zero-order valence-electron chi connectivity index (χ0n) is 17.0. The number of amides is 1. The van der Waals surface area contributed by atoms with Crippen molar-refractivity contribution in [1.82, 2.24) is 10.3 Å². The molecule has 0 fully saturated rings. The highest BCUT2D eigenvalue weighted by Crippen LogP contribution is 2.26. The lowest BCUT2D eigenvalue weighted by molar-refractivity contribution is -0.155. The molecule has 2 aromatic rings. The molecule has 7 nitrogen and oxygen atoms in total. The highest BCUT2D eigenvalue weighted by atomic mass is 16.6. The summed E-state index contributed by atoms with van der Waals surface area (Å²) in [4.78, 5) is 29.2. The molecule has 0 radical (unpaired) electrons. The fourth-order valence-electron chi connectivity index (χ4n) is 2.41. The Morgan fingerprint density at radius 2 is 1.74 bits per heavy atom. The summed E-state index contributed by atoms with van der Waals surface area (Å²) in [7, 11) is 0. The molecule has 7 heteroatoms. The predicted octanol–water partition coefficient (Wildman–Crippen LogP) is 4.37. The van der Waals surface area contributed by atoms with Crippen LogP contribution in [0.3, 0.4) is 0 Å². The Labute approximate surface area is 159 Å². The maximum atomic E-state index is 12.7. The van der Waals surface area contributed by atoms with Gasteiger partial charge in [0, 0.05) is 0 Å². The van der Waals surface area contributed by atoms with Gasteiger partial charge in [0.25, 0.3) is 0 Å². The van der Waals surface area contributed by atoms with Gasteiger partial charge in [-0.05, 0) is 45.2 Å². The first-order valence-electron chi connectivity index (χ1n) is 8.92. The van der Waals surface area contributed by atoms with E-state index in [4.69, 9.17) is 13.9 Å². The normalized spacial score (nSPS) is 14.5. The quantitative estimate of drug-likeness (QED) is 0.797. The zero-order valence-corrected chi connectivity index (χ0v) is 17.0. The van der Waals surface area contributed by atoms with Crippen LogP contribution in [0.15, 0.2) is 28.7 Å². The number of para-hydroxylation sites is 2. The third-order valence-corrected chi connectivity index (χ3v) is 3.71. The van der Waals surface area contributed by atoms with Crippen molar-refractivity contribution in [1.29, 1.82) is 0 Å². The van der Waals surface area contributed by atoms with E-state index < -0.39 is 35.2 Å². The van der Waals surface area contributed by atoms with Gasteiger partial charge in [0.05, 0.1) is 0 Å². The van der Waals surface area contributed by atoms with Gasteiger partial charge in [0.15, 0.2) is 11.7 Å². The maximum absolute atomic E-state index is 12.7. The zero-order chi connectivity index (χ0) is 20.4. The summed E-state index contributed by atoms with van der Waals surface area (Å²) < 4.78 is 16.4. The van der Waals surface area contributed by atoms with Gasteiger partial charge in [-0.2, -0.15) is 0 Å². The van der Waals surface area contributed by atoms with Gasteiger partial charge in [-0.3, -0.25) is 0 Å². The molecule has 0 saturated heterocycles.